The van der Waals surface area contributed by atoms with Crippen LogP contribution in [0.5, 0.6) is 5.75 Å². The third kappa shape index (κ3) is 3.12. The molecule has 1 N–H and O–H groups in total. The fourth-order valence-electron chi connectivity index (χ4n) is 1.53. The van der Waals surface area contributed by atoms with Crippen LogP contribution in [0.2, 0.25) is 5.15 Å². The molecule has 0 radical (unpaired) electrons. The normalized spacial score (nSPS) is 9.74. The van der Waals surface area contributed by atoms with Crippen LogP contribution in [0.15, 0.2) is 30.6 Å². The second-order valence-corrected chi connectivity index (χ2v) is 4.06. The summed E-state index contributed by atoms with van der Waals surface area (Å²) < 4.78 is 5.08. The Labute approximate surface area is 115 Å². The van der Waals surface area contributed by atoms with Crippen LogP contribution in [-0.4, -0.2) is 17.1 Å². The largest absolute Gasteiger partial charge is 0.497 e. The van der Waals surface area contributed by atoms with E-state index in [-0.39, 0.29) is 10.7 Å². The number of nitrogens with zero attached hydrogens (tertiary/aromatic N) is 3. The van der Waals surface area contributed by atoms with Gasteiger partial charge in [0.2, 0.25) is 0 Å². The van der Waals surface area contributed by atoms with Crippen molar-refractivity contribution in [2.75, 3.05) is 12.4 Å². The molecular formula is C13H11ClN4O. The van der Waals surface area contributed by atoms with Gasteiger partial charge >= 0.3 is 0 Å². The number of hydrogen-bond donors (Lipinski definition) is 1. The van der Waals surface area contributed by atoms with Gasteiger partial charge in [0, 0.05) is 6.54 Å². The van der Waals surface area contributed by atoms with Crippen molar-refractivity contribution in [3.05, 3.63) is 46.9 Å². The van der Waals surface area contributed by atoms with Crippen molar-refractivity contribution in [2.24, 2.45) is 0 Å². The molecule has 1 heterocycles. The summed E-state index contributed by atoms with van der Waals surface area (Å²) in [6.45, 7) is 0.534. The van der Waals surface area contributed by atoms with Crippen molar-refractivity contribution in [2.45, 2.75) is 6.54 Å². The minimum Gasteiger partial charge on any atom is -0.497 e. The summed E-state index contributed by atoms with van der Waals surface area (Å²) in [7, 11) is 1.62. The molecule has 0 saturated heterocycles. The first-order valence-electron chi connectivity index (χ1n) is 5.52. The number of benzene rings is 1. The van der Waals surface area contributed by atoms with E-state index >= 15 is 0 Å². The second-order valence-electron chi connectivity index (χ2n) is 3.70. The lowest BCUT2D eigenvalue weighted by Crippen LogP contribution is -2.04. The Bertz CT molecular complexity index is 607. The monoisotopic (exact) mass is 274 g/mol. The molecule has 0 atom stereocenters. The Hall–Kier alpha value is -2.32. The van der Waals surface area contributed by atoms with Crippen LogP contribution in [0.1, 0.15) is 11.1 Å². The molecule has 0 saturated carbocycles. The maximum atomic E-state index is 8.99. The standard InChI is InChI=1S/C13H11ClN4O/c1-19-10-4-2-9(3-5-10)7-16-13-11(6-15)12(14)17-8-18-13/h2-5,8H,7H2,1H3,(H,16,17,18). The third-order valence-electron chi connectivity index (χ3n) is 2.53. The van der Waals surface area contributed by atoms with Gasteiger partial charge in [0.1, 0.15) is 29.5 Å². The van der Waals surface area contributed by atoms with Crippen molar-refractivity contribution in [1.29, 1.82) is 5.26 Å². The Kier molecular flexibility index (Phi) is 4.16. The number of halogens is 1. The van der Waals surface area contributed by atoms with Gasteiger partial charge in [-0.05, 0) is 17.7 Å². The molecule has 96 valence electrons. The lowest BCUT2D eigenvalue weighted by molar-refractivity contribution is 0.414. The fourth-order valence-corrected chi connectivity index (χ4v) is 1.70. The summed E-state index contributed by atoms with van der Waals surface area (Å²) >= 11 is 5.82. The molecule has 0 aliphatic heterocycles. The molecule has 0 bridgehead atoms. The molecule has 6 heteroatoms. The summed E-state index contributed by atoms with van der Waals surface area (Å²) in [5.41, 5.74) is 1.29. The van der Waals surface area contributed by atoms with Gasteiger partial charge < -0.3 is 10.1 Å². The maximum absolute atomic E-state index is 8.99. The molecule has 5 nitrogen and oxygen atoms in total. The van der Waals surface area contributed by atoms with Crippen LogP contribution in [0, 0.1) is 11.3 Å². The summed E-state index contributed by atoms with van der Waals surface area (Å²) in [6.07, 6.45) is 1.32. The number of ether oxygens (including phenoxy) is 1. The summed E-state index contributed by atoms with van der Waals surface area (Å²) in [4.78, 5) is 7.77. The Balaban J connectivity index is 2.10. The van der Waals surface area contributed by atoms with Crippen molar-refractivity contribution < 1.29 is 4.74 Å². The van der Waals surface area contributed by atoms with Gasteiger partial charge in [-0.25, -0.2) is 9.97 Å². The molecule has 1 aromatic heterocycles. The van der Waals surface area contributed by atoms with Crippen LogP contribution in [0.4, 0.5) is 5.82 Å². The maximum Gasteiger partial charge on any atom is 0.152 e. The molecule has 0 fully saturated rings. The van der Waals surface area contributed by atoms with E-state index in [1.165, 1.54) is 6.33 Å². The average molecular weight is 275 g/mol. The highest BCUT2D eigenvalue weighted by Crippen LogP contribution is 2.19. The first-order chi connectivity index (χ1) is 9.24. The number of hydrogen-bond acceptors (Lipinski definition) is 5. The van der Waals surface area contributed by atoms with Crippen LogP contribution < -0.4 is 10.1 Å². The van der Waals surface area contributed by atoms with E-state index < -0.39 is 0 Å². The highest BCUT2D eigenvalue weighted by molar-refractivity contribution is 6.30. The van der Waals surface area contributed by atoms with Gasteiger partial charge in [0.15, 0.2) is 5.15 Å². The van der Waals surface area contributed by atoms with Crippen molar-refractivity contribution in [3.8, 4) is 11.8 Å². The number of nitriles is 1. The van der Waals surface area contributed by atoms with E-state index in [0.29, 0.717) is 12.4 Å². The van der Waals surface area contributed by atoms with E-state index in [4.69, 9.17) is 21.6 Å². The highest BCUT2D eigenvalue weighted by atomic mass is 35.5. The molecule has 0 aliphatic rings. The first-order valence-corrected chi connectivity index (χ1v) is 5.90. The topological polar surface area (TPSA) is 70.8 Å². The molecule has 0 amide bonds. The van der Waals surface area contributed by atoms with Gasteiger partial charge in [0.05, 0.1) is 7.11 Å². The van der Waals surface area contributed by atoms with Gasteiger partial charge in [-0.2, -0.15) is 5.26 Å². The van der Waals surface area contributed by atoms with Crippen molar-refractivity contribution >= 4 is 17.4 Å². The predicted octanol–water partition coefficient (Wildman–Crippen LogP) is 2.62. The minimum absolute atomic E-state index is 0.148. The molecule has 0 spiro atoms. The molecule has 2 rings (SSSR count). The Morgan fingerprint density at radius 2 is 2.05 bits per heavy atom. The average Bonchev–Trinajstić information content (AvgIpc) is 2.45. The lowest BCUT2D eigenvalue weighted by atomic mass is 10.2. The quantitative estimate of drug-likeness (QED) is 0.868. The van der Waals surface area contributed by atoms with E-state index in [1.54, 1.807) is 7.11 Å². The zero-order valence-electron chi connectivity index (χ0n) is 10.2. The predicted molar refractivity (Wildman–Crippen MR) is 72.1 cm³/mol. The second kappa shape index (κ2) is 6.03. The minimum atomic E-state index is 0.148. The van der Waals surface area contributed by atoms with Gasteiger partial charge in [-0.3, -0.25) is 0 Å². The molecular weight excluding hydrogens is 264 g/mol. The number of methoxy groups -OCH3 is 1. The molecule has 19 heavy (non-hydrogen) atoms. The number of anilines is 1. The zero-order valence-corrected chi connectivity index (χ0v) is 11.0. The molecule has 1 aromatic carbocycles. The summed E-state index contributed by atoms with van der Waals surface area (Å²) in [5.74, 6) is 1.23. The zero-order chi connectivity index (χ0) is 13.7. The number of aromatic nitrogens is 2. The van der Waals surface area contributed by atoms with Gasteiger partial charge in [-0.1, -0.05) is 23.7 Å². The van der Waals surface area contributed by atoms with Crippen LogP contribution in [-0.2, 0) is 6.54 Å². The third-order valence-corrected chi connectivity index (χ3v) is 2.82. The fraction of sp³-hybridized carbons (Fsp3) is 0.154. The summed E-state index contributed by atoms with van der Waals surface area (Å²) in [5, 5.41) is 12.2. The van der Waals surface area contributed by atoms with Crippen LogP contribution >= 0.6 is 11.6 Å². The SMILES string of the molecule is COc1ccc(CNc2ncnc(Cl)c2C#N)cc1. The van der Waals surface area contributed by atoms with Crippen molar-refractivity contribution in [3.63, 3.8) is 0 Å². The van der Waals surface area contributed by atoms with E-state index in [2.05, 4.69) is 15.3 Å². The number of rotatable bonds is 4. The smallest absolute Gasteiger partial charge is 0.152 e. The number of nitrogens with one attached hydrogen (secondary N) is 1. The van der Waals surface area contributed by atoms with Gasteiger partial charge in [0.25, 0.3) is 0 Å². The summed E-state index contributed by atoms with van der Waals surface area (Å²) in [6, 6.07) is 9.58. The van der Waals surface area contributed by atoms with Gasteiger partial charge in [-0.15, -0.1) is 0 Å². The van der Waals surface area contributed by atoms with E-state index in [1.807, 2.05) is 30.3 Å². The van der Waals surface area contributed by atoms with E-state index in [0.717, 1.165) is 11.3 Å². The lowest BCUT2D eigenvalue weighted by Gasteiger charge is -2.08. The van der Waals surface area contributed by atoms with Crippen LogP contribution in [0.25, 0.3) is 0 Å². The Morgan fingerprint density at radius 3 is 2.68 bits per heavy atom. The Morgan fingerprint density at radius 1 is 1.32 bits per heavy atom. The van der Waals surface area contributed by atoms with Crippen molar-refractivity contribution in [1.82, 2.24) is 9.97 Å². The first kappa shape index (κ1) is 13.1. The molecule has 2 aromatic rings. The highest BCUT2D eigenvalue weighted by Gasteiger charge is 2.08. The van der Waals surface area contributed by atoms with Crippen LogP contribution in [0.3, 0.4) is 0 Å². The van der Waals surface area contributed by atoms with E-state index in [9.17, 15) is 0 Å². The molecule has 0 aliphatic carbocycles. The molecule has 0 unspecified atom stereocenters.